The lowest BCUT2D eigenvalue weighted by Crippen LogP contribution is -2.34. The molecule has 0 spiro atoms. The lowest BCUT2D eigenvalue weighted by atomic mass is 10.2. The summed E-state index contributed by atoms with van der Waals surface area (Å²) in [5.41, 5.74) is 9.71. The number of esters is 1. The Kier molecular flexibility index (Phi) is 6.42. The molecule has 2 rings (SSSR count). The summed E-state index contributed by atoms with van der Waals surface area (Å²) in [5.74, 6) is -1.04. The predicted molar refractivity (Wildman–Crippen MR) is 90.8 cm³/mol. The van der Waals surface area contributed by atoms with Gasteiger partial charge in [-0.15, -0.1) is 0 Å². The standard InChI is InChI=1S/C14H20N4O6S/c15-4-1-2-7(16)13(22)24-6-8-10(20)11(21)12(25-8)18-5-3-9(19)17-14(18)23/h3,5,7,11-12,20-21H,1-2,4,6,15-16H2,(H,17,19,23)/t7-,11?,12-/m1/s1. The molecule has 0 radical (unpaired) electrons. The minimum absolute atomic E-state index is 0.204. The van der Waals surface area contributed by atoms with Crippen LogP contribution in [0.25, 0.3) is 0 Å². The highest BCUT2D eigenvalue weighted by Gasteiger charge is 2.37. The fourth-order valence-electron chi connectivity index (χ4n) is 2.21. The summed E-state index contributed by atoms with van der Waals surface area (Å²) >= 11 is 0.954. The number of nitrogens with one attached hydrogen (secondary N) is 1. The minimum atomic E-state index is -1.38. The van der Waals surface area contributed by atoms with Gasteiger partial charge in [0.25, 0.3) is 5.56 Å². The number of nitrogens with two attached hydrogens (primary N) is 2. The maximum Gasteiger partial charge on any atom is 0.329 e. The van der Waals surface area contributed by atoms with E-state index in [9.17, 15) is 24.6 Å². The molecule has 0 saturated heterocycles. The van der Waals surface area contributed by atoms with Crippen molar-refractivity contribution < 1.29 is 19.7 Å². The van der Waals surface area contributed by atoms with Gasteiger partial charge in [-0.1, -0.05) is 11.8 Å². The van der Waals surface area contributed by atoms with Gasteiger partial charge in [0.2, 0.25) is 0 Å². The van der Waals surface area contributed by atoms with Crippen molar-refractivity contribution in [3.8, 4) is 0 Å². The van der Waals surface area contributed by atoms with Crippen LogP contribution in [0.4, 0.5) is 0 Å². The fraction of sp³-hybridized carbons (Fsp3) is 0.500. The van der Waals surface area contributed by atoms with Crippen molar-refractivity contribution in [3.05, 3.63) is 43.8 Å². The van der Waals surface area contributed by atoms with Crippen LogP contribution in [0.1, 0.15) is 18.2 Å². The molecule has 10 nitrogen and oxygen atoms in total. The molecule has 11 heteroatoms. The van der Waals surface area contributed by atoms with E-state index in [1.165, 1.54) is 6.20 Å². The van der Waals surface area contributed by atoms with Crippen molar-refractivity contribution in [1.29, 1.82) is 0 Å². The summed E-state index contributed by atoms with van der Waals surface area (Å²) in [6, 6.07) is 0.306. The number of hydrogen-bond donors (Lipinski definition) is 5. The first-order valence-electron chi connectivity index (χ1n) is 7.55. The molecule has 0 bridgehead atoms. The first kappa shape index (κ1) is 19.2. The van der Waals surface area contributed by atoms with Gasteiger partial charge in [-0.25, -0.2) is 4.79 Å². The fourth-order valence-corrected chi connectivity index (χ4v) is 3.41. The van der Waals surface area contributed by atoms with Crippen LogP contribution in [0.5, 0.6) is 0 Å². The van der Waals surface area contributed by atoms with Crippen LogP contribution in [-0.2, 0) is 9.53 Å². The molecule has 0 saturated carbocycles. The van der Waals surface area contributed by atoms with Crippen LogP contribution in [0, 0.1) is 0 Å². The average Bonchev–Trinajstić information content (AvgIpc) is 2.85. The highest BCUT2D eigenvalue weighted by atomic mass is 32.2. The third kappa shape index (κ3) is 4.51. The van der Waals surface area contributed by atoms with Crippen molar-refractivity contribution in [2.24, 2.45) is 11.5 Å². The number of rotatable bonds is 7. The third-order valence-electron chi connectivity index (χ3n) is 3.59. The van der Waals surface area contributed by atoms with Gasteiger partial charge in [0, 0.05) is 12.3 Å². The molecule has 1 unspecified atom stereocenters. The van der Waals surface area contributed by atoms with Crippen molar-refractivity contribution in [1.82, 2.24) is 9.55 Å². The second-order valence-electron chi connectivity index (χ2n) is 5.42. The lowest BCUT2D eigenvalue weighted by molar-refractivity contribution is -0.144. The SMILES string of the molecule is NCCC[C@@H](N)C(=O)OCC1=C(O)C(O)[C@H](n2ccc(=O)[nH]c2=O)S1. The van der Waals surface area contributed by atoms with Gasteiger partial charge in [-0.2, -0.15) is 0 Å². The Bertz CT molecular complexity index is 773. The van der Waals surface area contributed by atoms with E-state index in [4.69, 9.17) is 16.2 Å². The van der Waals surface area contributed by atoms with Gasteiger partial charge >= 0.3 is 11.7 Å². The van der Waals surface area contributed by atoms with Crippen molar-refractivity contribution in [3.63, 3.8) is 0 Å². The maximum absolute atomic E-state index is 11.8. The summed E-state index contributed by atoms with van der Waals surface area (Å²) in [7, 11) is 0. The molecule has 2 heterocycles. The number of thioether (sulfide) groups is 1. The van der Waals surface area contributed by atoms with Gasteiger partial charge < -0.3 is 26.4 Å². The van der Waals surface area contributed by atoms with E-state index in [0.29, 0.717) is 19.4 Å². The van der Waals surface area contributed by atoms with E-state index < -0.39 is 40.5 Å². The largest absolute Gasteiger partial charge is 0.508 e. The monoisotopic (exact) mass is 372 g/mol. The van der Waals surface area contributed by atoms with Gasteiger partial charge in [0.15, 0.2) is 0 Å². The van der Waals surface area contributed by atoms with Gasteiger partial charge in [0.05, 0.1) is 4.91 Å². The zero-order valence-electron chi connectivity index (χ0n) is 13.3. The molecule has 0 aromatic carbocycles. The molecule has 138 valence electrons. The molecule has 1 aromatic rings. The Morgan fingerprint density at radius 1 is 1.48 bits per heavy atom. The minimum Gasteiger partial charge on any atom is -0.508 e. The number of aliphatic hydroxyl groups is 2. The molecule has 1 aromatic heterocycles. The molecule has 0 fully saturated rings. The number of aromatic amines is 1. The Labute approximate surface area is 146 Å². The first-order valence-corrected chi connectivity index (χ1v) is 8.43. The van der Waals surface area contributed by atoms with E-state index in [-0.39, 0.29) is 11.5 Å². The van der Waals surface area contributed by atoms with Gasteiger partial charge in [0.1, 0.15) is 29.9 Å². The highest BCUT2D eigenvalue weighted by molar-refractivity contribution is 8.03. The van der Waals surface area contributed by atoms with E-state index in [1.807, 2.05) is 0 Å². The molecule has 3 atom stereocenters. The number of nitrogens with zero attached hydrogens (tertiary/aromatic N) is 1. The van der Waals surface area contributed by atoms with Crippen LogP contribution >= 0.6 is 11.8 Å². The topological polar surface area (TPSA) is 174 Å². The van der Waals surface area contributed by atoms with Crippen LogP contribution in [0.15, 0.2) is 32.5 Å². The molecule has 1 aliphatic rings. The predicted octanol–water partition coefficient (Wildman–Crippen LogP) is -1.48. The van der Waals surface area contributed by atoms with Crippen molar-refractivity contribution in [2.75, 3.05) is 13.2 Å². The number of hydrogen-bond acceptors (Lipinski definition) is 9. The van der Waals surface area contributed by atoms with E-state index in [1.54, 1.807) is 0 Å². The van der Waals surface area contributed by atoms with Crippen LogP contribution < -0.4 is 22.7 Å². The molecule has 25 heavy (non-hydrogen) atoms. The summed E-state index contributed by atoms with van der Waals surface area (Å²) < 4.78 is 6.12. The zero-order chi connectivity index (χ0) is 18.6. The number of ether oxygens (including phenoxy) is 1. The maximum atomic E-state index is 11.8. The first-order chi connectivity index (χ1) is 11.8. The van der Waals surface area contributed by atoms with E-state index in [0.717, 1.165) is 22.4 Å². The Balaban J connectivity index is 2.02. The number of H-pyrrole nitrogens is 1. The van der Waals surface area contributed by atoms with Crippen LogP contribution in [0.3, 0.4) is 0 Å². The van der Waals surface area contributed by atoms with Crippen LogP contribution in [-0.4, -0.2) is 51.0 Å². The Hall–Kier alpha value is -2.08. The van der Waals surface area contributed by atoms with Crippen LogP contribution in [0.2, 0.25) is 0 Å². The summed E-state index contributed by atoms with van der Waals surface area (Å²) in [5, 5.41) is 19.2. The summed E-state index contributed by atoms with van der Waals surface area (Å²) in [6.45, 7) is 0.127. The molecule has 7 N–H and O–H groups in total. The number of aromatic nitrogens is 2. The number of carbonyl (C=O) groups excluding carboxylic acids is 1. The normalized spacial score (nSPS) is 21.4. The van der Waals surface area contributed by atoms with Crippen molar-refractivity contribution in [2.45, 2.75) is 30.4 Å². The highest BCUT2D eigenvalue weighted by Crippen LogP contribution is 2.43. The molecule has 0 aliphatic carbocycles. The summed E-state index contributed by atoms with van der Waals surface area (Å²) in [6.07, 6.45) is 0.793. The third-order valence-corrected chi connectivity index (χ3v) is 4.93. The second kappa shape index (κ2) is 8.34. The smallest absolute Gasteiger partial charge is 0.329 e. The second-order valence-corrected chi connectivity index (χ2v) is 6.64. The lowest BCUT2D eigenvalue weighted by Gasteiger charge is -2.16. The summed E-state index contributed by atoms with van der Waals surface area (Å²) in [4.78, 5) is 37.0. The number of carbonyl (C=O) groups is 1. The molecule has 1 aliphatic heterocycles. The average molecular weight is 372 g/mol. The Morgan fingerprint density at radius 3 is 2.84 bits per heavy atom. The molecular formula is C14H20N4O6S. The quantitative estimate of drug-likeness (QED) is 0.358. The zero-order valence-corrected chi connectivity index (χ0v) is 14.1. The molecular weight excluding hydrogens is 352 g/mol. The Morgan fingerprint density at radius 2 is 2.20 bits per heavy atom. The number of aliphatic hydroxyl groups excluding tert-OH is 2. The van der Waals surface area contributed by atoms with E-state index >= 15 is 0 Å². The van der Waals surface area contributed by atoms with E-state index in [2.05, 4.69) is 4.98 Å². The van der Waals surface area contributed by atoms with Gasteiger partial charge in [-0.3, -0.25) is 19.1 Å². The van der Waals surface area contributed by atoms with Gasteiger partial charge in [-0.05, 0) is 19.4 Å². The van der Waals surface area contributed by atoms with Crippen molar-refractivity contribution >= 4 is 17.7 Å². The molecule has 0 amide bonds.